The van der Waals surface area contributed by atoms with Gasteiger partial charge in [0.05, 0.1) is 32.1 Å². The Labute approximate surface area is 236 Å². The van der Waals surface area contributed by atoms with Crippen LogP contribution >= 0.6 is 27.5 Å². The molecule has 0 radical (unpaired) electrons. The van der Waals surface area contributed by atoms with E-state index in [2.05, 4.69) is 26.0 Å². The lowest BCUT2D eigenvalue weighted by Crippen LogP contribution is -2.18. The highest BCUT2D eigenvalue weighted by Crippen LogP contribution is 2.45. The summed E-state index contributed by atoms with van der Waals surface area (Å²) in [5.74, 6) is -2.15. The van der Waals surface area contributed by atoms with Crippen molar-refractivity contribution in [1.29, 1.82) is 0 Å². The van der Waals surface area contributed by atoms with Gasteiger partial charge in [0.2, 0.25) is 10.0 Å². The molecule has 12 heteroatoms. The van der Waals surface area contributed by atoms with Crippen molar-refractivity contribution < 1.29 is 31.9 Å². The van der Waals surface area contributed by atoms with Gasteiger partial charge in [-0.3, -0.25) is 9.52 Å². The van der Waals surface area contributed by atoms with Crippen LogP contribution in [-0.2, 0) is 15.8 Å². The fraction of sp³-hybridized carbons (Fsp3) is 0.185. The smallest absolute Gasteiger partial charge is 0.336 e. The molecule has 0 unspecified atom stereocenters. The van der Waals surface area contributed by atoms with Gasteiger partial charge in [-0.15, -0.1) is 0 Å². The molecule has 0 bridgehead atoms. The fourth-order valence-electron chi connectivity index (χ4n) is 4.48. The van der Waals surface area contributed by atoms with E-state index in [4.69, 9.17) is 16.0 Å². The number of sulfonamides is 1. The molecular weight excluding hydrogens is 615 g/mol. The Kier molecular flexibility index (Phi) is 7.17. The number of aromatic carboxylic acids is 1. The van der Waals surface area contributed by atoms with Gasteiger partial charge in [-0.25, -0.2) is 17.6 Å². The fourth-order valence-corrected chi connectivity index (χ4v) is 6.31. The molecule has 4 aromatic rings. The molecule has 1 heterocycles. The van der Waals surface area contributed by atoms with Crippen LogP contribution in [0.2, 0.25) is 5.02 Å². The summed E-state index contributed by atoms with van der Waals surface area (Å²) in [5, 5.41) is 12.6. The molecule has 39 heavy (non-hydrogen) atoms. The Bertz CT molecular complexity index is 1750. The largest absolute Gasteiger partial charge is 0.478 e. The molecule has 3 aromatic carbocycles. The van der Waals surface area contributed by atoms with Gasteiger partial charge in [0.1, 0.15) is 17.2 Å². The third kappa shape index (κ3) is 5.52. The predicted molar refractivity (Wildman–Crippen MR) is 149 cm³/mol. The maximum atomic E-state index is 13.5. The lowest BCUT2D eigenvalue weighted by molar-refractivity contribution is 0.0695. The van der Waals surface area contributed by atoms with Gasteiger partial charge in [0, 0.05) is 18.0 Å². The van der Waals surface area contributed by atoms with Gasteiger partial charge in [-0.2, -0.15) is 0 Å². The van der Waals surface area contributed by atoms with Crippen LogP contribution in [0.15, 0.2) is 57.4 Å². The Morgan fingerprint density at radius 1 is 1.15 bits per heavy atom. The van der Waals surface area contributed by atoms with Gasteiger partial charge in [0.25, 0.3) is 5.91 Å². The van der Waals surface area contributed by atoms with Gasteiger partial charge in [-0.05, 0) is 94.3 Å². The highest BCUT2D eigenvalue weighted by atomic mass is 79.9. The Morgan fingerprint density at radius 3 is 2.46 bits per heavy atom. The van der Waals surface area contributed by atoms with Gasteiger partial charge >= 0.3 is 5.97 Å². The van der Waals surface area contributed by atoms with E-state index in [-0.39, 0.29) is 38.0 Å². The second kappa shape index (κ2) is 10.3. The number of carbonyl (C=O) groups excluding carboxylic acids is 1. The van der Waals surface area contributed by atoms with Crippen molar-refractivity contribution >= 4 is 66.1 Å². The van der Waals surface area contributed by atoms with E-state index in [0.29, 0.717) is 22.1 Å². The monoisotopic (exact) mass is 634 g/mol. The summed E-state index contributed by atoms with van der Waals surface area (Å²) in [5.41, 5.74) is 2.17. The molecule has 0 aliphatic heterocycles. The van der Waals surface area contributed by atoms with E-state index in [0.717, 1.165) is 18.4 Å². The quantitative estimate of drug-likeness (QED) is 0.202. The van der Waals surface area contributed by atoms with Crippen LogP contribution in [0, 0.1) is 5.82 Å². The Hall–Kier alpha value is -3.41. The third-order valence-electron chi connectivity index (χ3n) is 6.41. The van der Waals surface area contributed by atoms with Crippen LogP contribution in [0.4, 0.5) is 10.1 Å². The van der Waals surface area contributed by atoms with E-state index in [1.807, 2.05) is 0 Å². The van der Waals surface area contributed by atoms with E-state index in [1.54, 1.807) is 12.1 Å². The van der Waals surface area contributed by atoms with Crippen LogP contribution in [0.1, 0.15) is 50.6 Å². The maximum Gasteiger partial charge on any atom is 0.336 e. The number of furan rings is 1. The number of nitrogens with one attached hydrogen (secondary N) is 2. The van der Waals surface area contributed by atoms with Crippen LogP contribution in [0.25, 0.3) is 22.3 Å². The normalized spacial score (nSPS) is 13.4. The number of fused-ring (bicyclic) bond motifs is 1. The van der Waals surface area contributed by atoms with Crippen LogP contribution in [0.3, 0.4) is 0 Å². The molecule has 5 rings (SSSR count). The molecule has 3 N–H and O–H groups in total. The Balaban J connectivity index is 1.58. The molecule has 0 saturated heterocycles. The summed E-state index contributed by atoms with van der Waals surface area (Å²) >= 11 is 9.20. The summed E-state index contributed by atoms with van der Waals surface area (Å²) in [4.78, 5) is 24.4. The summed E-state index contributed by atoms with van der Waals surface area (Å²) in [6.07, 6.45) is 1.74. The minimum atomic E-state index is -4.02. The number of hydrogen-bond donors (Lipinski definition) is 3. The zero-order chi connectivity index (χ0) is 28.1. The van der Waals surface area contributed by atoms with E-state index in [1.165, 1.54) is 43.4 Å². The third-order valence-corrected chi connectivity index (χ3v) is 9.02. The summed E-state index contributed by atoms with van der Waals surface area (Å²) < 4.78 is 48.6. The number of rotatable bonds is 8. The van der Waals surface area contributed by atoms with E-state index >= 15 is 0 Å². The summed E-state index contributed by atoms with van der Waals surface area (Å²) in [7, 11) is -2.52. The molecule has 8 nitrogen and oxygen atoms in total. The number of amides is 1. The zero-order valence-corrected chi connectivity index (χ0v) is 23.5. The second-order valence-corrected chi connectivity index (χ2v) is 12.1. The minimum Gasteiger partial charge on any atom is -0.478 e. The highest BCUT2D eigenvalue weighted by molar-refractivity contribution is 9.10. The molecule has 202 valence electrons. The van der Waals surface area contributed by atoms with E-state index in [9.17, 15) is 27.5 Å². The molecule has 1 aromatic heterocycles. The maximum absolute atomic E-state index is 13.5. The topological polar surface area (TPSA) is 126 Å². The number of carboxylic acids is 1. The SMILES string of the molecule is CNC(=O)c1c(-c2ccc(F)cc2)oc2cc(CS(=O)(=O)Nc3cc(Cl)c(Br)c(C(=O)O)c3)c(C3CC3)cc12. The van der Waals surface area contributed by atoms with Crippen molar-refractivity contribution in [2.75, 3.05) is 11.8 Å². The van der Waals surface area contributed by atoms with Crippen molar-refractivity contribution in [3.63, 3.8) is 0 Å². The summed E-state index contributed by atoms with van der Waals surface area (Å²) in [6.45, 7) is 0. The first kappa shape index (κ1) is 27.2. The lowest BCUT2D eigenvalue weighted by atomic mass is 9.98. The van der Waals surface area contributed by atoms with E-state index < -0.39 is 33.5 Å². The summed E-state index contributed by atoms with van der Waals surface area (Å²) in [6, 6.07) is 11.4. The highest BCUT2D eigenvalue weighted by Gasteiger charge is 2.31. The van der Waals surface area contributed by atoms with Gasteiger partial charge in [-0.1, -0.05) is 11.6 Å². The average molecular weight is 636 g/mol. The second-order valence-electron chi connectivity index (χ2n) is 9.20. The Morgan fingerprint density at radius 2 is 1.85 bits per heavy atom. The first-order chi connectivity index (χ1) is 18.5. The van der Waals surface area contributed by atoms with Crippen LogP contribution in [-0.4, -0.2) is 32.4 Å². The minimum absolute atomic E-state index is 0.00754. The van der Waals surface area contributed by atoms with Gasteiger partial charge in [0.15, 0.2) is 0 Å². The molecule has 0 atom stereocenters. The standard InChI is InChI=1S/C27H21BrClFN2O6S/c1-31-26(33)23-19-11-18(13-2-3-13)15(8-22(19)38-25(23)14-4-6-16(30)7-5-14)12-39(36,37)32-17-9-20(27(34)35)24(28)21(29)10-17/h4-11,13,32H,2-3,12H2,1H3,(H,31,33)(H,34,35). The van der Waals surface area contributed by atoms with Crippen molar-refractivity contribution in [3.8, 4) is 11.3 Å². The van der Waals surface area contributed by atoms with Crippen molar-refractivity contribution in [1.82, 2.24) is 5.32 Å². The number of hydrogen-bond acceptors (Lipinski definition) is 5. The van der Waals surface area contributed by atoms with Crippen molar-refractivity contribution in [2.24, 2.45) is 0 Å². The number of carboxylic acid groups (broad SMARTS) is 1. The number of carbonyl (C=O) groups is 2. The number of halogens is 3. The van der Waals surface area contributed by atoms with Crippen molar-refractivity contribution in [3.05, 3.63) is 86.1 Å². The lowest BCUT2D eigenvalue weighted by Gasteiger charge is -2.13. The average Bonchev–Trinajstić information content (AvgIpc) is 3.65. The predicted octanol–water partition coefficient (Wildman–Crippen LogP) is 6.53. The van der Waals surface area contributed by atoms with Gasteiger partial charge < -0.3 is 14.8 Å². The van der Waals surface area contributed by atoms with Crippen LogP contribution < -0.4 is 10.0 Å². The molecule has 1 aliphatic carbocycles. The molecule has 1 aliphatic rings. The first-order valence-corrected chi connectivity index (χ1v) is 14.6. The zero-order valence-electron chi connectivity index (χ0n) is 20.3. The number of anilines is 1. The molecule has 0 spiro atoms. The first-order valence-electron chi connectivity index (χ1n) is 11.8. The van der Waals surface area contributed by atoms with Crippen LogP contribution in [0.5, 0.6) is 0 Å². The molecule has 1 amide bonds. The molecule has 1 saturated carbocycles. The molecule has 1 fully saturated rings. The van der Waals surface area contributed by atoms with Crippen molar-refractivity contribution in [2.45, 2.75) is 24.5 Å². The number of benzene rings is 3. The molecular formula is C27H21BrClFN2O6S.